The molecule has 0 aliphatic carbocycles. The Morgan fingerprint density at radius 3 is 2.44 bits per heavy atom. The van der Waals surface area contributed by atoms with E-state index in [0.717, 1.165) is 25.2 Å². The molecule has 0 bridgehead atoms. The van der Waals surface area contributed by atoms with E-state index in [1.807, 2.05) is 0 Å². The van der Waals surface area contributed by atoms with Crippen LogP contribution in [0, 0.1) is 12.8 Å². The fraction of sp³-hybridized carbons (Fsp3) is 0.522. The largest absolute Gasteiger partial charge is 0.379 e. The molecule has 9 heteroatoms. The molecule has 1 N–H and O–H groups in total. The van der Waals surface area contributed by atoms with Crippen molar-refractivity contribution in [3.05, 3.63) is 52.9 Å². The summed E-state index contributed by atoms with van der Waals surface area (Å²) in [5.41, 5.74) is 2.28. The van der Waals surface area contributed by atoms with Gasteiger partial charge in [-0.2, -0.15) is 4.31 Å². The Morgan fingerprint density at radius 1 is 1.12 bits per heavy atom. The van der Waals surface area contributed by atoms with E-state index in [0.29, 0.717) is 43.4 Å². The third-order valence-electron chi connectivity index (χ3n) is 6.25. The van der Waals surface area contributed by atoms with Crippen LogP contribution in [0.2, 0.25) is 0 Å². The normalized spacial score (nSPS) is 20.2. The Balaban J connectivity index is 1.39. The van der Waals surface area contributed by atoms with Crippen LogP contribution >= 0.6 is 11.3 Å². The molecule has 1 aromatic carbocycles. The fourth-order valence-electron chi connectivity index (χ4n) is 4.26. The van der Waals surface area contributed by atoms with Gasteiger partial charge in [-0.1, -0.05) is 35.9 Å². The van der Waals surface area contributed by atoms with Gasteiger partial charge in [-0.15, -0.1) is 11.3 Å². The lowest BCUT2D eigenvalue weighted by atomic mass is 9.96. The highest BCUT2D eigenvalue weighted by Crippen LogP contribution is 2.27. The molecule has 174 valence electrons. The molecule has 3 heterocycles. The minimum Gasteiger partial charge on any atom is -0.379 e. The van der Waals surface area contributed by atoms with Crippen LogP contribution in [0.15, 0.2) is 46.0 Å². The van der Waals surface area contributed by atoms with Gasteiger partial charge >= 0.3 is 0 Å². The summed E-state index contributed by atoms with van der Waals surface area (Å²) in [5.74, 6) is -0.167. The summed E-state index contributed by atoms with van der Waals surface area (Å²) in [6.45, 7) is 6.68. The van der Waals surface area contributed by atoms with Crippen LogP contribution in [0.1, 0.15) is 30.0 Å². The molecule has 2 aromatic rings. The van der Waals surface area contributed by atoms with Crippen molar-refractivity contribution in [2.75, 3.05) is 45.9 Å². The number of nitrogens with one attached hydrogen (secondary N) is 1. The number of sulfonamides is 1. The molecule has 0 radical (unpaired) electrons. The molecular formula is C23H31N3O4S2. The zero-order valence-electron chi connectivity index (χ0n) is 18.4. The van der Waals surface area contributed by atoms with Crippen LogP contribution in [-0.2, 0) is 19.6 Å². The van der Waals surface area contributed by atoms with Crippen molar-refractivity contribution < 1.29 is 17.9 Å². The molecule has 4 rings (SSSR count). The molecule has 2 aliphatic rings. The van der Waals surface area contributed by atoms with Crippen LogP contribution < -0.4 is 5.32 Å². The number of thiophene rings is 1. The number of hydrogen-bond acceptors (Lipinski definition) is 6. The van der Waals surface area contributed by atoms with E-state index in [1.54, 1.807) is 17.5 Å². The Morgan fingerprint density at radius 2 is 1.81 bits per heavy atom. The van der Waals surface area contributed by atoms with Gasteiger partial charge in [0.15, 0.2) is 0 Å². The molecule has 0 spiro atoms. The average molecular weight is 478 g/mol. The van der Waals surface area contributed by atoms with E-state index in [1.165, 1.54) is 21.2 Å². The lowest BCUT2D eigenvalue weighted by Gasteiger charge is -2.33. The molecule has 2 fully saturated rings. The lowest BCUT2D eigenvalue weighted by molar-refractivity contribution is -0.127. The molecule has 1 amide bonds. The topological polar surface area (TPSA) is 79.0 Å². The Hall–Kier alpha value is -1.78. The van der Waals surface area contributed by atoms with Gasteiger partial charge in [-0.05, 0) is 36.8 Å². The predicted molar refractivity (Wildman–Crippen MR) is 125 cm³/mol. The first-order valence-electron chi connectivity index (χ1n) is 11.1. The number of amides is 1. The number of aryl methyl sites for hydroxylation is 1. The van der Waals surface area contributed by atoms with Crippen molar-refractivity contribution in [1.29, 1.82) is 0 Å². The number of benzene rings is 1. The zero-order chi connectivity index (χ0) is 22.6. The van der Waals surface area contributed by atoms with Crippen LogP contribution in [0.4, 0.5) is 0 Å². The van der Waals surface area contributed by atoms with Crippen molar-refractivity contribution in [2.24, 2.45) is 5.92 Å². The van der Waals surface area contributed by atoms with E-state index in [9.17, 15) is 13.2 Å². The van der Waals surface area contributed by atoms with Gasteiger partial charge in [0.1, 0.15) is 4.21 Å². The molecule has 1 aromatic heterocycles. The van der Waals surface area contributed by atoms with E-state index in [-0.39, 0.29) is 17.9 Å². The number of morpholine rings is 1. The SMILES string of the molecule is Cc1ccc(C(CN2CCOCC2)NC(=O)C2CCN(S(=O)(=O)c3cccs3)CC2)cc1. The van der Waals surface area contributed by atoms with Crippen LogP contribution in [0.5, 0.6) is 0 Å². The van der Waals surface area contributed by atoms with Gasteiger partial charge < -0.3 is 10.1 Å². The Labute approximate surface area is 194 Å². The first kappa shape index (κ1) is 23.4. The highest BCUT2D eigenvalue weighted by molar-refractivity contribution is 7.91. The summed E-state index contributed by atoms with van der Waals surface area (Å²) in [5, 5.41) is 5.03. The van der Waals surface area contributed by atoms with E-state index < -0.39 is 10.0 Å². The van der Waals surface area contributed by atoms with Gasteiger partial charge in [-0.25, -0.2) is 8.42 Å². The molecular weight excluding hydrogens is 446 g/mol. The second-order valence-electron chi connectivity index (χ2n) is 8.50. The maximum Gasteiger partial charge on any atom is 0.252 e. The maximum absolute atomic E-state index is 13.2. The number of piperidine rings is 1. The molecule has 0 saturated carbocycles. The molecule has 2 saturated heterocycles. The van der Waals surface area contributed by atoms with Gasteiger partial charge in [-0.3, -0.25) is 9.69 Å². The zero-order valence-corrected chi connectivity index (χ0v) is 20.0. The van der Waals surface area contributed by atoms with E-state index in [4.69, 9.17) is 4.74 Å². The highest BCUT2D eigenvalue weighted by atomic mass is 32.2. The van der Waals surface area contributed by atoms with Crippen LogP contribution in [0.25, 0.3) is 0 Å². The van der Waals surface area contributed by atoms with Gasteiger partial charge in [0.2, 0.25) is 5.91 Å². The number of nitrogens with zero attached hydrogens (tertiary/aromatic N) is 2. The number of carbonyl (C=O) groups excluding carboxylic acids is 1. The number of rotatable bonds is 7. The quantitative estimate of drug-likeness (QED) is 0.663. The minimum atomic E-state index is -3.46. The van der Waals surface area contributed by atoms with E-state index in [2.05, 4.69) is 41.4 Å². The first-order chi connectivity index (χ1) is 15.4. The first-order valence-corrected chi connectivity index (χ1v) is 13.5. The summed E-state index contributed by atoms with van der Waals surface area (Å²) in [6.07, 6.45) is 1.07. The van der Waals surface area contributed by atoms with Gasteiger partial charge in [0.05, 0.1) is 19.3 Å². The van der Waals surface area contributed by atoms with Crippen LogP contribution in [-0.4, -0.2) is 69.5 Å². The summed E-state index contributed by atoms with van der Waals surface area (Å²) < 4.78 is 32.8. The van der Waals surface area contributed by atoms with Crippen molar-refractivity contribution in [1.82, 2.24) is 14.5 Å². The van der Waals surface area contributed by atoms with E-state index >= 15 is 0 Å². The van der Waals surface area contributed by atoms with Crippen molar-refractivity contribution in [3.63, 3.8) is 0 Å². The standard InChI is InChI=1S/C23H31N3O4S2/c1-18-4-6-19(7-5-18)21(17-25-12-14-30-15-13-25)24-23(27)20-8-10-26(11-9-20)32(28,29)22-3-2-16-31-22/h2-7,16,20-21H,8-15,17H2,1H3,(H,24,27). The average Bonchev–Trinajstić information content (AvgIpc) is 3.36. The Kier molecular flexibility index (Phi) is 7.63. The summed E-state index contributed by atoms with van der Waals surface area (Å²) >= 11 is 1.23. The molecule has 2 aliphatic heterocycles. The lowest BCUT2D eigenvalue weighted by Crippen LogP contribution is -2.46. The number of ether oxygens (including phenoxy) is 1. The monoisotopic (exact) mass is 477 g/mol. The minimum absolute atomic E-state index is 0.0111. The van der Waals surface area contributed by atoms with Crippen molar-refractivity contribution in [3.8, 4) is 0 Å². The second-order valence-corrected chi connectivity index (χ2v) is 11.6. The maximum atomic E-state index is 13.2. The molecule has 7 nitrogen and oxygen atoms in total. The molecule has 1 atom stereocenters. The van der Waals surface area contributed by atoms with Crippen molar-refractivity contribution in [2.45, 2.75) is 30.0 Å². The smallest absolute Gasteiger partial charge is 0.252 e. The summed E-state index contributed by atoms with van der Waals surface area (Å²) in [6, 6.07) is 11.6. The summed E-state index contributed by atoms with van der Waals surface area (Å²) in [7, 11) is -3.46. The summed E-state index contributed by atoms with van der Waals surface area (Å²) in [4.78, 5) is 15.5. The molecule has 1 unspecified atom stereocenters. The van der Waals surface area contributed by atoms with Gasteiger partial charge in [0.25, 0.3) is 10.0 Å². The highest BCUT2D eigenvalue weighted by Gasteiger charge is 2.33. The van der Waals surface area contributed by atoms with Crippen LogP contribution in [0.3, 0.4) is 0 Å². The van der Waals surface area contributed by atoms with Crippen molar-refractivity contribution >= 4 is 27.3 Å². The molecule has 32 heavy (non-hydrogen) atoms. The fourth-order valence-corrected chi connectivity index (χ4v) is 6.87. The Bertz CT molecular complexity index is 979. The second kappa shape index (κ2) is 10.4. The third-order valence-corrected chi connectivity index (χ3v) is 9.53. The number of hydrogen-bond donors (Lipinski definition) is 1. The number of carbonyl (C=O) groups is 1. The predicted octanol–water partition coefficient (Wildman–Crippen LogP) is 2.65. The third kappa shape index (κ3) is 5.58. The van der Waals surface area contributed by atoms with Gasteiger partial charge in [0, 0.05) is 38.6 Å².